The fourth-order valence-electron chi connectivity index (χ4n) is 9.82. The number of terminal acetylenes is 1. The molecule has 9 rings (SSSR count). The number of benzene rings is 2. The largest absolute Gasteiger partial charge is 0.508 e. The highest BCUT2D eigenvalue weighted by atomic mass is 19.1. The van der Waals surface area contributed by atoms with Crippen LogP contribution in [0.15, 0.2) is 24.3 Å². The molecule has 3 saturated heterocycles. The Hall–Kier alpha value is -4.31. The quantitative estimate of drug-likeness (QED) is 0.222. The van der Waals surface area contributed by atoms with Crippen LogP contribution in [0.5, 0.6) is 17.6 Å². The smallest absolute Gasteiger partial charge is 0.319 e. The van der Waals surface area contributed by atoms with Gasteiger partial charge in [-0.3, -0.25) is 4.90 Å². The zero-order valence-corrected chi connectivity index (χ0v) is 29.4. The first-order chi connectivity index (χ1) is 25.3. The van der Waals surface area contributed by atoms with E-state index in [0.29, 0.717) is 67.0 Å². The Balaban J connectivity index is 1.14. The second kappa shape index (κ2) is 13.0. The number of methoxy groups -OCH3 is 1. The van der Waals surface area contributed by atoms with Crippen molar-refractivity contribution in [3.63, 3.8) is 0 Å². The van der Waals surface area contributed by atoms with Crippen molar-refractivity contribution in [2.45, 2.75) is 63.5 Å². The number of ether oxygens (including phenoxy) is 4. The van der Waals surface area contributed by atoms with Crippen LogP contribution >= 0.6 is 0 Å². The summed E-state index contributed by atoms with van der Waals surface area (Å²) in [5, 5.41) is 11.7. The SMILES string of the molecule is C#Cc1c(F)ccc2cc(O)cc(-c3nc(OC)c4c(N5CCCOCC5)nc(OC[C@]56CCC[C@H]5N(C5CC7(COC7)C5)CCC6)nc4c3F)c12. The van der Waals surface area contributed by atoms with Crippen molar-refractivity contribution in [3.05, 3.63) is 41.5 Å². The number of likely N-dealkylation sites (tertiary alicyclic amines) is 1. The van der Waals surface area contributed by atoms with Crippen LogP contribution in [-0.2, 0) is 9.47 Å². The molecule has 0 unspecified atom stereocenters. The summed E-state index contributed by atoms with van der Waals surface area (Å²) in [4.78, 5) is 19.1. The molecule has 272 valence electrons. The average molecular weight is 712 g/mol. The molecule has 12 heteroatoms. The fraction of sp³-hybridized carbons (Fsp3) is 0.525. The van der Waals surface area contributed by atoms with E-state index in [0.717, 1.165) is 58.3 Å². The van der Waals surface area contributed by atoms with Gasteiger partial charge in [0, 0.05) is 53.6 Å². The summed E-state index contributed by atoms with van der Waals surface area (Å²) in [5.74, 6) is 1.36. The van der Waals surface area contributed by atoms with Crippen LogP contribution in [0.2, 0.25) is 0 Å². The summed E-state index contributed by atoms with van der Waals surface area (Å²) < 4.78 is 56.0. The Kier molecular flexibility index (Phi) is 8.36. The maximum Gasteiger partial charge on any atom is 0.319 e. The summed E-state index contributed by atoms with van der Waals surface area (Å²) in [6.07, 6.45) is 14.4. The summed E-state index contributed by atoms with van der Waals surface area (Å²) in [6.45, 7) is 5.55. The minimum absolute atomic E-state index is 0.0398. The van der Waals surface area contributed by atoms with E-state index < -0.39 is 11.6 Å². The van der Waals surface area contributed by atoms with E-state index in [1.165, 1.54) is 44.2 Å². The molecule has 2 aromatic heterocycles. The van der Waals surface area contributed by atoms with Crippen molar-refractivity contribution in [1.82, 2.24) is 19.9 Å². The van der Waals surface area contributed by atoms with Gasteiger partial charge in [-0.05, 0) is 75.1 Å². The molecule has 52 heavy (non-hydrogen) atoms. The first-order valence-corrected chi connectivity index (χ1v) is 18.5. The summed E-state index contributed by atoms with van der Waals surface area (Å²) in [5.41, 5.74) is 0.183. The van der Waals surface area contributed by atoms with Crippen LogP contribution in [0, 0.1) is 34.8 Å². The van der Waals surface area contributed by atoms with E-state index in [-0.39, 0.29) is 50.8 Å². The Morgan fingerprint density at radius 1 is 1.00 bits per heavy atom. The number of piperidine rings is 1. The number of halogens is 2. The van der Waals surface area contributed by atoms with Crippen molar-refractivity contribution >= 4 is 27.5 Å². The summed E-state index contributed by atoms with van der Waals surface area (Å²) in [7, 11) is 1.45. The highest BCUT2D eigenvalue weighted by Crippen LogP contribution is 2.55. The van der Waals surface area contributed by atoms with Gasteiger partial charge in [-0.15, -0.1) is 6.42 Å². The highest BCUT2D eigenvalue weighted by Gasteiger charge is 2.56. The minimum Gasteiger partial charge on any atom is -0.508 e. The molecule has 5 heterocycles. The first-order valence-electron chi connectivity index (χ1n) is 18.5. The van der Waals surface area contributed by atoms with Gasteiger partial charge in [0.05, 0.1) is 39.1 Å². The predicted octanol–water partition coefficient (Wildman–Crippen LogP) is 6.24. The second-order valence-corrected chi connectivity index (χ2v) is 15.4. The highest BCUT2D eigenvalue weighted by molar-refractivity contribution is 6.04. The van der Waals surface area contributed by atoms with Crippen molar-refractivity contribution in [2.24, 2.45) is 10.8 Å². The van der Waals surface area contributed by atoms with Crippen LogP contribution in [-0.4, -0.2) is 96.8 Å². The number of hydrogen-bond acceptors (Lipinski definition) is 10. The zero-order valence-electron chi connectivity index (χ0n) is 29.4. The van der Waals surface area contributed by atoms with Gasteiger partial charge in [0.1, 0.15) is 34.0 Å². The minimum atomic E-state index is -0.783. The number of nitrogens with zero attached hydrogens (tertiary/aromatic N) is 5. The Morgan fingerprint density at radius 3 is 2.63 bits per heavy atom. The van der Waals surface area contributed by atoms with Crippen LogP contribution < -0.4 is 14.4 Å². The van der Waals surface area contributed by atoms with E-state index in [4.69, 9.17) is 35.3 Å². The molecule has 10 nitrogen and oxygen atoms in total. The van der Waals surface area contributed by atoms with E-state index in [1.807, 2.05) is 4.90 Å². The Morgan fingerprint density at radius 2 is 1.85 bits per heavy atom. The Labute approximate surface area is 301 Å². The number of anilines is 1. The molecule has 2 aliphatic carbocycles. The number of pyridine rings is 1. The first kappa shape index (κ1) is 33.5. The lowest BCUT2D eigenvalue weighted by Crippen LogP contribution is -2.64. The number of aromatic nitrogens is 3. The third kappa shape index (κ3) is 5.43. The molecule has 3 aliphatic heterocycles. The molecule has 0 bridgehead atoms. The fourth-order valence-corrected chi connectivity index (χ4v) is 9.82. The topological polar surface area (TPSA) is 102 Å². The standard InChI is InChI=1S/C40H43F2N5O5/c1-3-27-29(41)9-8-24-17-26(48)18-28(31(24)27)34-33(42)35-32(37(43-34)49-2)36(46-12-6-15-50-16-14-46)45-38(44-35)52-23-40-10-4-7-30(40)47(13-5-11-40)25-19-39(20-25)21-51-22-39/h1,8-9,17-18,25,30,48H,4-7,10-16,19-23H2,2H3/t30-,40-/m1/s1. The van der Waals surface area contributed by atoms with Gasteiger partial charge < -0.3 is 29.0 Å². The van der Waals surface area contributed by atoms with Crippen LogP contribution in [0.4, 0.5) is 14.6 Å². The molecule has 2 atom stereocenters. The molecule has 2 aromatic carbocycles. The van der Waals surface area contributed by atoms with Gasteiger partial charge in [-0.1, -0.05) is 18.4 Å². The molecule has 2 saturated carbocycles. The maximum atomic E-state index is 17.2. The maximum absolute atomic E-state index is 17.2. The molecule has 0 radical (unpaired) electrons. The number of fused-ring (bicyclic) bond motifs is 3. The van der Waals surface area contributed by atoms with E-state index in [1.54, 1.807) is 0 Å². The van der Waals surface area contributed by atoms with Crippen molar-refractivity contribution in [2.75, 3.05) is 64.7 Å². The predicted molar refractivity (Wildman–Crippen MR) is 192 cm³/mol. The molecule has 4 aromatic rings. The van der Waals surface area contributed by atoms with Crippen molar-refractivity contribution in [3.8, 4) is 41.2 Å². The summed E-state index contributed by atoms with van der Waals surface area (Å²) in [6, 6.07) is 6.59. The van der Waals surface area contributed by atoms with Crippen LogP contribution in [0.3, 0.4) is 0 Å². The van der Waals surface area contributed by atoms with Gasteiger partial charge >= 0.3 is 6.01 Å². The van der Waals surface area contributed by atoms with Gasteiger partial charge in [0.2, 0.25) is 5.88 Å². The van der Waals surface area contributed by atoms with Crippen molar-refractivity contribution in [1.29, 1.82) is 0 Å². The van der Waals surface area contributed by atoms with E-state index >= 15 is 8.78 Å². The molecular weight excluding hydrogens is 668 g/mol. The monoisotopic (exact) mass is 711 g/mol. The molecule has 0 amide bonds. The lowest BCUT2D eigenvalue weighted by Gasteiger charge is -2.60. The number of phenols is 1. The third-order valence-electron chi connectivity index (χ3n) is 12.3. The van der Waals surface area contributed by atoms with Crippen LogP contribution in [0.25, 0.3) is 32.9 Å². The second-order valence-electron chi connectivity index (χ2n) is 15.4. The van der Waals surface area contributed by atoms with E-state index in [9.17, 15) is 5.11 Å². The van der Waals surface area contributed by atoms with Gasteiger partial charge in [-0.2, -0.15) is 9.97 Å². The summed E-state index contributed by atoms with van der Waals surface area (Å²) >= 11 is 0. The Bertz CT molecular complexity index is 2090. The molecule has 1 N–H and O–H groups in total. The third-order valence-corrected chi connectivity index (χ3v) is 12.3. The average Bonchev–Trinajstić information content (AvgIpc) is 3.36. The lowest BCUT2D eigenvalue weighted by molar-refractivity contribution is -0.196. The number of rotatable bonds is 7. The normalized spacial score (nSPS) is 24.7. The molecule has 5 aliphatic rings. The van der Waals surface area contributed by atoms with Gasteiger partial charge in [-0.25, -0.2) is 13.8 Å². The molecule has 5 fully saturated rings. The zero-order chi connectivity index (χ0) is 35.6. The molecule has 1 spiro atoms. The molecular formula is C40H43F2N5O5. The van der Waals surface area contributed by atoms with Gasteiger partial charge in [0.25, 0.3) is 0 Å². The number of hydrogen-bond donors (Lipinski definition) is 1. The number of phenolic OH excluding ortho intramolecular Hbond substituents is 1. The van der Waals surface area contributed by atoms with Gasteiger partial charge in [0.15, 0.2) is 5.82 Å². The lowest BCUT2D eigenvalue weighted by atomic mass is 9.62. The van der Waals surface area contributed by atoms with Crippen LogP contribution in [0.1, 0.15) is 56.9 Å². The van der Waals surface area contributed by atoms with E-state index in [2.05, 4.69) is 15.8 Å². The number of aromatic hydroxyl groups is 1. The van der Waals surface area contributed by atoms with Crippen molar-refractivity contribution < 1.29 is 32.8 Å².